The smallest absolute Gasteiger partial charge is 0.387 e. The molecule has 0 fully saturated rings. The van der Waals surface area contributed by atoms with E-state index in [4.69, 9.17) is 11.6 Å². The van der Waals surface area contributed by atoms with Crippen molar-refractivity contribution in [2.24, 2.45) is 0 Å². The first kappa shape index (κ1) is 11.8. The van der Waals surface area contributed by atoms with Gasteiger partial charge in [-0.2, -0.15) is 8.78 Å². The zero-order chi connectivity index (χ0) is 11.1. The van der Waals surface area contributed by atoms with E-state index in [2.05, 4.69) is 16.6 Å². The molecule has 0 saturated carbocycles. The average molecular weight is 231 g/mol. The molecule has 0 amide bonds. The fraction of sp³-hybridized carbons (Fsp3) is 0.273. The van der Waals surface area contributed by atoms with Crippen LogP contribution in [0.25, 0.3) is 0 Å². The summed E-state index contributed by atoms with van der Waals surface area (Å²) in [5, 5.41) is 0. The molecular formula is C11H9ClF2O. The molecule has 0 saturated heterocycles. The van der Waals surface area contributed by atoms with Crippen molar-refractivity contribution in [1.82, 2.24) is 0 Å². The highest BCUT2D eigenvalue weighted by molar-refractivity contribution is 6.18. The van der Waals surface area contributed by atoms with Crippen LogP contribution in [0, 0.1) is 11.8 Å². The minimum Gasteiger partial charge on any atom is -0.435 e. The van der Waals surface area contributed by atoms with Crippen LogP contribution in [0.3, 0.4) is 0 Å². The van der Waals surface area contributed by atoms with E-state index in [1.807, 2.05) is 0 Å². The molecule has 0 bridgehead atoms. The quantitative estimate of drug-likeness (QED) is 0.572. The van der Waals surface area contributed by atoms with Gasteiger partial charge in [0, 0.05) is 17.9 Å². The molecule has 0 aliphatic carbocycles. The van der Waals surface area contributed by atoms with Gasteiger partial charge in [0.05, 0.1) is 0 Å². The van der Waals surface area contributed by atoms with Crippen molar-refractivity contribution in [2.45, 2.75) is 13.0 Å². The van der Waals surface area contributed by atoms with Crippen molar-refractivity contribution >= 4 is 11.6 Å². The van der Waals surface area contributed by atoms with Gasteiger partial charge in [-0.3, -0.25) is 0 Å². The topological polar surface area (TPSA) is 9.23 Å². The van der Waals surface area contributed by atoms with E-state index >= 15 is 0 Å². The van der Waals surface area contributed by atoms with Crippen molar-refractivity contribution in [3.8, 4) is 17.6 Å². The molecule has 0 aromatic heterocycles. The number of hydrogen-bond donors (Lipinski definition) is 0. The van der Waals surface area contributed by atoms with E-state index < -0.39 is 6.61 Å². The predicted octanol–water partition coefficient (Wildman–Crippen LogP) is 3.27. The Morgan fingerprint density at radius 1 is 1.27 bits per heavy atom. The van der Waals surface area contributed by atoms with Crippen molar-refractivity contribution in [3.63, 3.8) is 0 Å². The van der Waals surface area contributed by atoms with Crippen LogP contribution < -0.4 is 4.74 Å². The summed E-state index contributed by atoms with van der Waals surface area (Å²) in [6.07, 6.45) is 0.608. The SMILES string of the molecule is FC(F)Oc1ccc(C#CCCCl)cc1. The van der Waals surface area contributed by atoms with Gasteiger partial charge in [-0.1, -0.05) is 11.8 Å². The molecule has 0 N–H and O–H groups in total. The van der Waals surface area contributed by atoms with E-state index in [0.717, 1.165) is 5.56 Å². The third-order valence-corrected chi connectivity index (χ3v) is 1.72. The van der Waals surface area contributed by atoms with Crippen LogP contribution in [0.4, 0.5) is 8.78 Å². The average Bonchev–Trinajstić information content (AvgIpc) is 2.20. The van der Waals surface area contributed by atoms with Crippen molar-refractivity contribution < 1.29 is 13.5 Å². The normalized spacial score (nSPS) is 9.60. The summed E-state index contributed by atoms with van der Waals surface area (Å²) in [5.74, 6) is 6.31. The van der Waals surface area contributed by atoms with Gasteiger partial charge in [-0.05, 0) is 24.3 Å². The molecule has 0 radical (unpaired) electrons. The van der Waals surface area contributed by atoms with E-state index in [1.165, 1.54) is 12.1 Å². The van der Waals surface area contributed by atoms with Gasteiger partial charge in [0.15, 0.2) is 0 Å². The Labute approximate surface area is 92.0 Å². The lowest BCUT2D eigenvalue weighted by Crippen LogP contribution is -2.01. The second kappa shape index (κ2) is 6.26. The van der Waals surface area contributed by atoms with Crippen LogP contribution in [-0.4, -0.2) is 12.5 Å². The maximum Gasteiger partial charge on any atom is 0.387 e. The highest BCUT2D eigenvalue weighted by Gasteiger charge is 2.02. The van der Waals surface area contributed by atoms with Crippen LogP contribution in [0.5, 0.6) is 5.75 Å². The van der Waals surface area contributed by atoms with Gasteiger partial charge >= 0.3 is 6.61 Å². The Bertz CT molecular complexity index is 351. The molecular weight excluding hydrogens is 222 g/mol. The fourth-order valence-electron chi connectivity index (χ4n) is 0.932. The molecule has 0 spiro atoms. The molecule has 1 rings (SSSR count). The lowest BCUT2D eigenvalue weighted by molar-refractivity contribution is -0.0498. The summed E-state index contributed by atoms with van der Waals surface area (Å²) in [5.41, 5.74) is 0.752. The van der Waals surface area contributed by atoms with E-state index in [0.29, 0.717) is 12.3 Å². The molecule has 0 unspecified atom stereocenters. The van der Waals surface area contributed by atoms with Crippen LogP contribution in [0.2, 0.25) is 0 Å². The molecule has 1 aromatic rings. The number of benzene rings is 1. The van der Waals surface area contributed by atoms with Gasteiger partial charge in [0.25, 0.3) is 0 Å². The second-order valence-corrected chi connectivity index (χ2v) is 3.02. The fourth-order valence-corrected chi connectivity index (χ4v) is 1.03. The van der Waals surface area contributed by atoms with Gasteiger partial charge in [-0.25, -0.2) is 0 Å². The molecule has 0 aliphatic heterocycles. The zero-order valence-electron chi connectivity index (χ0n) is 7.84. The Kier molecular flexibility index (Phi) is 4.92. The predicted molar refractivity (Wildman–Crippen MR) is 55.3 cm³/mol. The number of halogens is 3. The Morgan fingerprint density at radius 3 is 2.47 bits per heavy atom. The van der Waals surface area contributed by atoms with Crippen LogP contribution >= 0.6 is 11.6 Å². The summed E-state index contributed by atoms with van der Waals surface area (Å²) in [6, 6.07) is 6.16. The molecule has 1 nitrogen and oxygen atoms in total. The molecule has 80 valence electrons. The minimum atomic E-state index is -2.79. The summed E-state index contributed by atoms with van der Waals surface area (Å²) < 4.78 is 27.8. The minimum absolute atomic E-state index is 0.132. The lowest BCUT2D eigenvalue weighted by Gasteiger charge is -2.02. The highest BCUT2D eigenvalue weighted by Crippen LogP contribution is 2.14. The molecule has 1 aromatic carbocycles. The van der Waals surface area contributed by atoms with E-state index in [1.54, 1.807) is 12.1 Å². The van der Waals surface area contributed by atoms with Gasteiger partial charge in [0.1, 0.15) is 5.75 Å². The maximum absolute atomic E-state index is 11.8. The van der Waals surface area contributed by atoms with Crippen molar-refractivity contribution in [2.75, 3.05) is 5.88 Å². The first-order valence-corrected chi connectivity index (χ1v) is 4.85. The largest absolute Gasteiger partial charge is 0.435 e. The summed E-state index contributed by atoms with van der Waals surface area (Å²) in [7, 11) is 0. The second-order valence-electron chi connectivity index (χ2n) is 2.64. The van der Waals surface area contributed by atoms with Crippen LogP contribution in [-0.2, 0) is 0 Å². The van der Waals surface area contributed by atoms with Crippen molar-refractivity contribution in [3.05, 3.63) is 29.8 Å². The molecule has 0 atom stereocenters. The van der Waals surface area contributed by atoms with Crippen LogP contribution in [0.1, 0.15) is 12.0 Å². The molecule has 15 heavy (non-hydrogen) atoms. The number of rotatable bonds is 3. The summed E-state index contributed by atoms with van der Waals surface area (Å²) in [6.45, 7) is -2.79. The van der Waals surface area contributed by atoms with E-state index in [9.17, 15) is 8.78 Å². The third kappa shape index (κ3) is 4.66. The summed E-state index contributed by atoms with van der Waals surface area (Å²) in [4.78, 5) is 0. The lowest BCUT2D eigenvalue weighted by atomic mass is 10.2. The van der Waals surface area contributed by atoms with E-state index in [-0.39, 0.29) is 5.75 Å². The number of alkyl halides is 3. The van der Waals surface area contributed by atoms with Gasteiger partial charge < -0.3 is 4.74 Å². The Hall–Kier alpha value is -1.27. The Morgan fingerprint density at radius 2 is 1.93 bits per heavy atom. The first-order valence-electron chi connectivity index (χ1n) is 4.32. The van der Waals surface area contributed by atoms with Gasteiger partial charge in [0.2, 0.25) is 0 Å². The van der Waals surface area contributed by atoms with Crippen LogP contribution in [0.15, 0.2) is 24.3 Å². The van der Waals surface area contributed by atoms with Crippen molar-refractivity contribution in [1.29, 1.82) is 0 Å². The molecule has 4 heteroatoms. The molecule has 0 heterocycles. The Balaban J connectivity index is 2.61. The maximum atomic E-state index is 11.8. The standard InChI is InChI=1S/C11H9ClF2O/c12-8-2-1-3-9-4-6-10(7-5-9)15-11(13)14/h4-7,11H,2,8H2. The first-order chi connectivity index (χ1) is 7.22. The zero-order valence-corrected chi connectivity index (χ0v) is 8.60. The molecule has 0 aliphatic rings. The highest BCUT2D eigenvalue weighted by atomic mass is 35.5. The number of hydrogen-bond acceptors (Lipinski definition) is 1. The monoisotopic (exact) mass is 230 g/mol. The summed E-state index contributed by atoms with van der Waals surface area (Å²) >= 11 is 5.44. The third-order valence-electron chi connectivity index (χ3n) is 1.53. The number of ether oxygens (including phenoxy) is 1. The van der Waals surface area contributed by atoms with Gasteiger partial charge in [-0.15, -0.1) is 11.6 Å².